The summed E-state index contributed by atoms with van der Waals surface area (Å²) in [5.41, 5.74) is 18.5. The van der Waals surface area contributed by atoms with Crippen LogP contribution in [0.15, 0.2) is 170 Å². The molecule has 0 fully saturated rings. The molecule has 252 valence electrons. The van der Waals surface area contributed by atoms with Crippen LogP contribution in [-0.2, 0) is 10.8 Å². The fraction of sp³-hybridized carbons (Fsp3) is 0.120. The SMILES string of the molecule is CC1(C)C2=C(c3ccccc31)C(C)(C)c1cc(-c3ccc(N(c4ccc(-c5ccccc5)cc4)c4ccc(-c5ccc(F)cc5)cc4)cc3)ccc12. The average Bonchev–Trinajstić information content (AvgIpc) is 3.58. The number of halogens is 1. The van der Waals surface area contributed by atoms with E-state index in [1.165, 1.54) is 67.8 Å². The molecule has 7 aromatic rings. The largest absolute Gasteiger partial charge is 0.311 e. The van der Waals surface area contributed by atoms with Gasteiger partial charge in [0, 0.05) is 27.9 Å². The quantitative estimate of drug-likeness (QED) is 0.170. The molecule has 0 amide bonds. The number of nitrogens with zero attached hydrogens (tertiary/aromatic N) is 1. The van der Waals surface area contributed by atoms with Crippen molar-refractivity contribution in [1.82, 2.24) is 0 Å². The van der Waals surface area contributed by atoms with Gasteiger partial charge in [-0.3, -0.25) is 0 Å². The van der Waals surface area contributed by atoms with E-state index in [2.05, 4.69) is 172 Å². The number of anilines is 3. The van der Waals surface area contributed by atoms with Gasteiger partial charge in [-0.2, -0.15) is 0 Å². The lowest BCUT2D eigenvalue weighted by molar-refractivity contribution is 0.628. The van der Waals surface area contributed by atoms with Crippen molar-refractivity contribution >= 4 is 28.2 Å². The highest BCUT2D eigenvalue weighted by atomic mass is 19.1. The first kappa shape index (κ1) is 32.0. The van der Waals surface area contributed by atoms with Gasteiger partial charge in [-0.25, -0.2) is 4.39 Å². The van der Waals surface area contributed by atoms with Crippen LogP contribution in [0.5, 0.6) is 0 Å². The van der Waals surface area contributed by atoms with Gasteiger partial charge in [0.2, 0.25) is 0 Å². The smallest absolute Gasteiger partial charge is 0.123 e. The molecule has 52 heavy (non-hydrogen) atoms. The number of hydrogen-bond donors (Lipinski definition) is 0. The Morgan fingerprint density at radius 2 is 0.750 bits per heavy atom. The van der Waals surface area contributed by atoms with E-state index in [0.717, 1.165) is 28.2 Å². The second-order valence-electron chi connectivity index (χ2n) is 15.2. The normalized spacial score (nSPS) is 14.9. The maximum atomic E-state index is 13.6. The topological polar surface area (TPSA) is 3.24 Å². The van der Waals surface area contributed by atoms with E-state index in [-0.39, 0.29) is 16.6 Å². The Morgan fingerprint density at radius 3 is 1.29 bits per heavy atom. The van der Waals surface area contributed by atoms with Crippen molar-refractivity contribution in [2.45, 2.75) is 38.5 Å². The second-order valence-corrected chi connectivity index (χ2v) is 15.2. The van der Waals surface area contributed by atoms with Gasteiger partial charge in [0.25, 0.3) is 0 Å². The molecule has 0 saturated heterocycles. The first-order valence-corrected chi connectivity index (χ1v) is 18.1. The summed E-state index contributed by atoms with van der Waals surface area (Å²) in [6.45, 7) is 9.54. The van der Waals surface area contributed by atoms with Crippen LogP contribution < -0.4 is 4.90 Å². The zero-order chi connectivity index (χ0) is 35.6. The van der Waals surface area contributed by atoms with Crippen molar-refractivity contribution in [3.8, 4) is 33.4 Å². The fourth-order valence-electron chi connectivity index (χ4n) is 8.67. The molecule has 1 nitrogen and oxygen atoms in total. The number of rotatable bonds is 6. The minimum atomic E-state index is -0.229. The average molecular weight is 674 g/mol. The minimum absolute atomic E-state index is 0.0302. The van der Waals surface area contributed by atoms with E-state index < -0.39 is 0 Å². The van der Waals surface area contributed by atoms with Crippen LogP contribution in [0.2, 0.25) is 0 Å². The molecule has 0 spiro atoms. The summed E-state index contributed by atoms with van der Waals surface area (Å²) in [4.78, 5) is 2.30. The van der Waals surface area contributed by atoms with E-state index in [4.69, 9.17) is 0 Å². The lowest BCUT2D eigenvalue weighted by Gasteiger charge is -2.28. The van der Waals surface area contributed by atoms with Gasteiger partial charge in [-0.05, 0) is 121 Å². The number of hydrogen-bond acceptors (Lipinski definition) is 1. The van der Waals surface area contributed by atoms with Crippen molar-refractivity contribution in [3.05, 3.63) is 198 Å². The zero-order valence-electron chi connectivity index (χ0n) is 30.0. The Kier molecular flexibility index (Phi) is 7.41. The zero-order valence-corrected chi connectivity index (χ0v) is 30.0. The molecule has 2 aliphatic rings. The monoisotopic (exact) mass is 673 g/mol. The molecule has 0 N–H and O–H groups in total. The molecule has 0 radical (unpaired) electrons. The molecule has 0 saturated carbocycles. The van der Waals surface area contributed by atoms with E-state index in [1.54, 1.807) is 0 Å². The highest BCUT2D eigenvalue weighted by Crippen LogP contribution is 2.62. The standard InChI is InChI=1S/C50H40FN/c1-49(2)45-13-9-8-12-43(45)47-48(49)44-31-22-38(32-46(44)50(47,3)4)37-20-29-42(30-21-37)52(40-25-16-35(17-26-40)33-10-6-5-7-11-33)41-27-18-36(19-28-41)34-14-23-39(51)24-15-34/h5-32H,1-4H3. The molecule has 0 aliphatic heterocycles. The summed E-state index contributed by atoms with van der Waals surface area (Å²) in [6, 6.07) is 59.4. The maximum absolute atomic E-state index is 13.6. The maximum Gasteiger partial charge on any atom is 0.123 e. The summed E-state index contributed by atoms with van der Waals surface area (Å²) < 4.78 is 13.6. The molecule has 7 aromatic carbocycles. The van der Waals surface area contributed by atoms with Gasteiger partial charge >= 0.3 is 0 Å². The summed E-state index contributed by atoms with van der Waals surface area (Å²) in [7, 11) is 0. The van der Waals surface area contributed by atoms with E-state index >= 15 is 0 Å². The Morgan fingerprint density at radius 1 is 0.365 bits per heavy atom. The van der Waals surface area contributed by atoms with Crippen LogP contribution in [0.1, 0.15) is 49.9 Å². The Balaban J connectivity index is 1.07. The highest BCUT2D eigenvalue weighted by molar-refractivity contribution is 6.09. The van der Waals surface area contributed by atoms with Crippen molar-refractivity contribution in [2.75, 3.05) is 4.90 Å². The van der Waals surface area contributed by atoms with Crippen molar-refractivity contribution < 1.29 is 4.39 Å². The van der Waals surface area contributed by atoms with Crippen LogP contribution in [0.3, 0.4) is 0 Å². The molecule has 0 unspecified atom stereocenters. The summed E-state index contributed by atoms with van der Waals surface area (Å²) in [6.07, 6.45) is 0. The second kappa shape index (κ2) is 12.1. The minimum Gasteiger partial charge on any atom is -0.311 e. The summed E-state index contributed by atoms with van der Waals surface area (Å²) in [5, 5.41) is 0. The van der Waals surface area contributed by atoms with Crippen LogP contribution >= 0.6 is 0 Å². The molecule has 0 heterocycles. The third-order valence-corrected chi connectivity index (χ3v) is 11.3. The number of allylic oxidation sites excluding steroid dienone is 2. The van der Waals surface area contributed by atoms with Crippen molar-refractivity contribution in [1.29, 1.82) is 0 Å². The lowest BCUT2D eigenvalue weighted by atomic mass is 9.75. The van der Waals surface area contributed by atoms with Gasteiger partial charge in [0.15, 0.2) is 0 Å². The van der Waals surface area contributed by atoms with Gasteiger partial charge < -0.3 is 4.90 Å². The molecule has 0 atom stereocenters. The Labute approximate surface area is 306 Å². The van der Waals surface area contributed by atoms with Crippen LogP contribution in [0.25, 0.3) is 44.5 Å². The van der Waals surface area contributed by atoms with Gasteiger partial charge in [0.1, 0.15) is 5.82 Å². The highest BCUT2D eigenvalue weighted by Gasteiger charge is 2.49. The van der Waals surface area contributed by atoms with Gasteiger partial charge in [0.05, 0.1) is 0 Å². The van der Waals surface area contributed by atoms with Crippen LogP contribution in [-0.4, -0.2) is 0 Å². The predicted octanol–water partition coefficient (Wildman–Crippen LogP) is 13.8. The predicted molar refractivity (Wildman–Crippen MR) is 217 cm³/mol. The third-order valence-electron chi connectivity index (χ3n) is 11.3. The van der Waals surface area contributed by atoms with Crippen molar-refractivity contribution in [2.24, 2.45) is 0 Å². The van der Waals surface area contributed by atoms with E-state index in [9.17, 15) is 4.39 Å². The summed E-state index contributed by atoms with van der Waals surface area (Å²) in [5.74, 6) is -0.229. The lowest BCUT2D eigenvalue weighted by Crippen LogP contribution is -2.19. The molecular weight excluding hydrogens is 634 g/mol. The Hall–Kier alpha value is -5.99. The number of benzene rings is 7. The van der Waals surface area contributed by atoms with Gasteiger partial charge in [-0.1, -0.05) is 143 Å². The molecule has 0 bridgehead atoms. The first-order chi connectivity index (χ1) is 25.2. The third kappa shape index (κ3) is 5.13. The van der Waals surface area contributed by atoms with Crippen LogP contribution in [0.4, 0.5) is 21.5 Å². The molecule has 2 aliphatic carbocycles. The van der Waals surface area contributed by atoms with Gasteiger partial charge in [-0.15, -0.1) is 0 Å². The summed E-state index contributed by atoms with van der Waals surface area (Å²) >= 11 is 0. The van der Waals surface area contributed by atoms with Crippen molar-refractivity contribution in [3.63, 3.8) is 0 Å². The molecule has 9 rings (SSSR count). The fourth-order valence-corrected chi connectivity index (χ4v) is 8.67. The molecular formula is C50H40FN. The van der Waals surface area contributed by atoms with E-state index in [0.29, 0.717) is 0 Å². The van der Waals surface area contributed by atoms with Crippen LogP contribution in [0, 0.1) is 5.82 Å². The first-order valence-electron chi connectivity index (χ1n) is 18.1. The number of fused-ring (bicyclic) bond motifs is 4. The molecule has 0 aromatic heterocycles. The molecule has 2 heteroatoms. The Bertz CT molecular complexity index is 2470. The van der Waals surface area contributed by atoms with E-state index in [1.807, 2.05) is 18.2 Å².